The van der Waals surface area contributed by atoms with Crippen molar-refractivity contribution in [2.75, 3.05) is 0 Å². The summed E-state index contributed by atoms with van der Waals surface area (Å²) < 4.78 is 23.6. The first kappa shape index (κ1) is 29.1. The second-order valence-corrected chi connectivity index (χ2v) is 16.9. The minimum Gasteiger partial charge on any atom is -0.393 e. The van der Waals surface area contributed by atoms with Gasteiger partial charge in [-0.15, -0.1) is 0 Å². The van der Waals surface area contributed by atoms with E-state index in [0.29, 0.717) is 19.3 Å². The summed E-state index contributed by atoms with van der Waals surface area (Å²) in [6, 6.07) is 0. The summed E-state index contributed by atoms with van der Waals surface area (Å²) in [5.74, 6) is 0.0281. The van der Waals surface area contributed by atoms with Crippen molar-refractivity contribution in [1.29, 1.82) is 0 Å². The molecule has 11 atom stereocenters. The highest BCUT2D eigenvalue weighted by atomic mass is 31.2. The lowest BCUT2D eigenvalue weighted by Gasteiger charge is -2.63. The van der Waals surface area contributed by atoms with Gasteiger partial charge in [0, 0.05) is 6.42 Å². The Balaban J connectivity index is 1.57. The van der Waals surface area contributed by atoms with Crippen LogP contribution in [0, 0.1) is 46.3 Å². The Hall–Kier alpha value is 0.140. The second-order valence-electron chi connectivity index (χ2n) is 12.9. The van der Waals surface area contributed by atoms with Crippen molar-refractivity contribution in [2.45, 2.75) is 102 Å². The zero-order chi connectivity index (χ0) is 27.1. The monoisotopic (exact) mass is 554 g/mol. The average molecular weight is 555 g/mol. The number of hydrogen-bond donors (Lipinski definition) is 8. The van der Waals surface area contributed by atoms with Gasteiger partial charge in [0.15, 0.2) is 0 Å². The first-order chi connectivity index (χ1) is 16.4. The molecular weight excluding hydrogens is 510 g/mol. The predicted molar refractivity (Wildman–Crippen MR) is 131 cm³/mol. The molecule has 36 heavy (non-hydrogen) atoms. The third-order valence-corrected chi connectivity index (χ3v) is 15.3. The maximum absolute atomic E-state index is 11.8. The number of fused-ring (bicyclic) bond motifs is 5. The molecular formula is C24H44O10P2. The molecule has 0 radical (unpaired) electrons. The molecule has 8 N–H and O–H groups in total. The van der Waals surface area contributed by atoms with Crippen molar-refractivity contribution < 1.29 is 49.1 Å². The molecule has 4 saturated carbocycles. The molecule has 0 unspecified atom stereocenters. The van der Waals surface area contributed by atoms with Gasteiger partial charge >= 0.3 is 15.2 Å². The van der Waals surface area contributed by atoms with E-state index >= 15 is 0 Å². The molecule has 4 fully saturated rings. The van der Waals surface area contributed by atoms with E-state index in [1.54, 1.807) is 0 Å². The lowest BCUT2D eigenvalue weighted by molar-refractivity contribution is -0.207. The molecule has 210 valence electrons. The van der Waals surface area contributed by atoms with Crippen LogP contribution >= 0.6 is 15.2 Å². The standard InChI is InChI=1S/C24H44O10P2/c1-13(6-9-24(28,35(29,30)31)36(32,33)34)16-4-5-17-21-18(12-20(27)23(16,17)3)22(2)8-7-15(25)10-14(22)11-19(21)26/h13-21,25-28H,4-12H2,1-3H3,(H2,29,30,31)(H2,32,33,34)/t13-,14+,15-,16-,17+,18+,19-,20+,21+,22+,23-/m1/s1. The van der Waals surface area contributed by atoms with Crippen LogP contribution in [0.15, 0.2) is 0 Å². The van der Waals surface area contributed by atoms with E-state index in [1.165, 1.54) is 0 Å². The summed E-state index contributed by atoms with van der Waals surface area (Å²) in [5, 5.41) is 40.1. The Bertz CT molecular complexity index is 912. The van der Waals surface area contributed by atoms with Crippen LogP contribution in [0.1, 0.15) is 78.6 Å². The van der Waals surface area contributed by atoms with Crippen LogP contribution < -0.4 is 0 Å². The van der Waals surface area contributed by atoms with Crippen LogP contribution in [0.3, 0.4) is 0 Å². The fraction of sp³-hybridized carbons (Fsp3) is 1.00. The van der Waals surface area contributed by atoms with E-state index in [4.69, 9.17) is 0 Å². The molecule has 0 spiro atoms. The van der Waals surface area contributed by atoms with Gasteiger partial charge in [-0.05, 0) is 97.7 Å². The van der Waals surface area contributed by atoms with Gasteiger partial charge in [-0.1, -0.05) is 20.8 Å². The summed E-state index contributed by atoms with van der Waals surface area (Å²) in [4.78, 5) is 38.0. The summed E-state index contributed by atoms with van der Waals surface area (Å²) in [6.07, 6.45) is 2.63. The molecule has 0 heterocycles. The summed E-state index contributed by atoms with van der Waals surface area (Å²) >= 11 is 0. The Morgan fingerprint density at radius 2 is 1.53 bits per heavy atom. The molecule has 0 aromatic carbocycles. The minimum absolute atomic E-state index is 0.00854. The summed E-state index contributed by atoms with van der Waals surface area (Å²) in [7, 11) is -11.0. The van der Waals surface area contributed by atoms with E-state index in [-0.39, 0.29) is 53.4 Å². The zero-order valence-electron chi connectivity index (χ0n) is 21.3. The third-order valence-electron chi connectivity index (χ3n) is 11.4. The topological polar surface area (TPSA) is 196 Å². The molecule has 10 nitrogen and oxygen atoms in total. The van der Waals surface area contributed by atoms with Crippen LogP contribution in [0.4, 0.5) is 0 Å². The Morgan fingerprint density at radius 1 is 0.917 bits per heavy atom. The van der Waals surface area contributed by atoms with Crippen molar-refractivity contribution in [3.05, 3.63) is 0 Å². The molecule has 4 rings (SSSR count). The van der Waals surface area contributed by atoms with Crippen molar-refractivity contribution in [1.82, 2.24) is 0 Å². The van der Waals surface area contributed by atoms with Crippen LogP contribution in [0.25, 0.3) is 0 Å². The molecule has 0 bridgehead atoms. The lowest BCUT2D eigenvalue weighted by atomic mass is 9.43. The van der Waals surface area contributed by atoms with Crippen molar-refractivity contribution in [3.8, 4) is 0 Å². The van der Waals surface area contributed by atoms with Crippen molar-refractivity contribution >= 4 is 15.2 Å². The van der Waals surface area contributed by atoms with Crippen LogP contribution in [0.2, 0.25) is 0 Å². The lowest BCUT2D eigenvalue weighted by Crippen LogP contribution is -2.62. The minimum atomic E-state index is -5.52. The van der Waals surface area contributed by atoms with E-state index in [0.717, 1.165) is 25.7 Å². The number of aliphatic hydroxyl groups is 4. The molecule has 0 amide bonds. The molecule has 4 aliphatic carbocycles. The smallest absolute Gasteiger partial charge is 0.369 e. The van der Waals surface area contributed by atoms with Gasteiger partial charge in [0.25, 0.3) is 5.08 Å². The molecule has 0 aromatic rings. The van der Waals surface area contributed by atoms with Gasteiger partial charge < -0.3 is 40.0 Å². The normalized spacial score (nSPS) is 46.5. The van der Waals surface area contributed by atoms with E-state index < -0.39 is 44.3 Å². The second kappa shape index (κ2) is 9.36. The zero-order valence-corrected chi connectivity index (χ0v) is 23.1. The molecule has 0 aromatic heterocycles. The highest BCUT2D eigenvalue weighted by Crippen LogP contribution is 2.71. The number of rotatable bonds is 6. The highest BCUT2D eigenvalue weighted by Gasteiger charge is 2.66. The Morgan fingerprint density at radius 3 is 2.11 bits per heavy atom. The van der Waals surface area contributed by atoms with E-state index in [1.807, 2.05) is 13.8 Å². The molecule has 0 saturated heterocycles. The van der Waals surface area contributed by atoms with Gasteiger partial charge in [0.2, 0.25) is 0 Å². The molecule has 12 heteroatoms. The van der Waals surface area contributed by atoms with Gasteiger partial charge in [-0.3, -0.25) is 9.13 Å². The van der Waals surface area contributed by atoms with E-state index in [9.17, 15) is 49.1 Å². The first-order valence-electron chi connectivity index (χ1n) is 13.3. The van der Waals surface area contributed by atoms with Crippen molar-refractivity contribution in [2.24, 2.45) is 46.3 Å². The SMILES string of the molecule is C[C@H](CCC(O)(P(=O)(O)O)P(=O)(O)O)[C@H]1CC[C@H]2[C@@H]3[C@H](O)C[C@@H]4C[C@H](O)CC[C@]4(C)[C@H]3C[C@H](O)[C@]12C. The van der Waals surface area contributed by atoms with Crippen LogP contribution in [-0.2, 0) is 9.13 Å². The van der Waals surface area contributed by atoms with Gasteiger partial charge in [-0.25, -0.2) is 0 Å². The van der Waals surface area contributed by atoms with Crippen LogP contribution in [0.5, 0.6) is 0 Å². The summed E-state index contributed by atoms with van der Waals surface area (Å²) in [5.41, 5.74) is -0.625. The van der Waals surface area contributed by atoms with Gasteiger partial charge in [0.1, 0.15) is 0 Å². The molecule has 4 aliphatic rings. The van der Waals surface area contributed by atoms with Gasteiger partial charge in [0.05, 0.1) is 18.3 Å². The third kappa shape index (κ3) is 4.32. The highest BCUT2D eigenvalue weighted by molar-refractivity contribution is 7.72. The van der Waals surface area contributed by atoms with E-state index in [2.05, 4.69) is 6.92 Å². The average Bonchev–Trinajstić information content (AvgIpc) is 3.10. The molecule has 0 aliphatic heterocycles. The fourth-order valence-corrected chi connectivity index (χ4v) is 11.4. The Kier molecular flexibility index (Phi) is 7.58. The Labute approximate surface area is 212 Å². The van der Waals surface area contributed by atoms with Gasteiger partial charge in [-0.2, -0.15) is 0 Å². The quantitative estimate of drug-likeness (QED) is 0.226. The number of aliphatic hydroxyl groups excluding tert-OH is 3. The summed E-state index contributed by atoms with van der Waals surface area (Å²) in [6.45, 7) is 6.12. The van der Waals surface area contributed by atoms with Crippen LogP contribution in [-0.4, -0.2) is 63.4 Å². The largest absolute Gasteiger partial charge is 0.393 e. The maximum atomic E-state index is 11.8. The number of hydrogen-bond acceptors (Lipinski definition) is 6. The maximum Gasteiger partial charge on any atom is 0.369 e. The van der Waals surface area contributed by atoms with Crippen molar-refractivity contribution in [3.63, 3.8) is 0 Å². The fourth-order valence-electron chi connectivity index (χ4n) is 9.22. The predicted octanol–water partition coefficient (Wildman–Crippen LogP) is 2.37. The first-order valence-corrected chi connectivity index (χ1v) is 16.5.